The van der Waals surface area contributed by atoms with Crippen molar-refractivity contribution in [1.82, 2.24) is 0 Å². The first-order valence-corrected chi connectivity index (χ1v) is 6.92. The number of thiophene rings is 1. The molecule has 0 unspecified atom stereocenters. The van der Waals surface area contributed by atoms with Crippen molar-refractivity contribution >= 4 is 64.1 Å². The second-order valence-corrected chi connectivity index (χ2v) is 6.55. The molecule has 0 amide bonds. The molecule has 0 atom stereocenters. The van der Waals surface area contributed by atoms with Gasteiger partial charge in [-0.05, 0) is 54.8 Å². The van der Waals surface area contributed by atoms with Gasteiger partial charge in [0.05, 0.1) is 8.26 Å². The Hall–Kier alpha value is -0.380. The van der Waals surface area contributed by atoms with Crippen LogP contribution in [-0.2, 0) is 0 Å². The second-order valence-electron chi connectivity index (χ2n) is 3.39. The summed E-state index contributed by atoms with van der Waals surface area (Å²) in [6.07, 6.45) is 0. The molecule has 0 fully saturated rings. The summed E-state index contributed by atoms with van der Waals surface area (Å²) in [5.41, 5.74) is 0. The van der Waals surface area contributed by atoms with Crippen LogP contribution in [0.3, 0.4) is 0 Å². The Bertz CT molecular complexity index is 655. The Morgan fingerprint density at radius 1 is 0.933 bits per heavy atom. The normalized spacial score (nSPS) is 11.3. The Morgan fingerprint density at radius 2 is 1.60 bits per heavy atom. The highest BCUT2D eigenvalue weighted by molar-refractivity contribution is 9.13. The van der Waals surface area contributed by atoms with E-state index in [1.165, 1.54) is 20.9 Å². The summed E-state index contributed by atoms with van der Waals surface area (Å²) in [6.45, 7) is 0. The summed E-state index contributed by atoms with van der Waals surface area (Å²) in [4.78, 5) is 0. The molecule has 0 spiro atoms. The number of fused-ring (bicyclic) bond motifs is 2. The van der Waals surface area contributed by atoms with Gasteiger partial charge in [-0.15, -0.1) is 11.3 Å². The van der Waals surface area contributed by atoms with Crippen LogP contribution in [0.25, 0.3) is 20.9 Å². The number of hydrogen-bond acceptors (Lipinski definition) is 1. The maximum absolute atomic E-state index is 3.60. The molecule has 15 heavy (non-hydrogen) atoms. The molecule has 0 bridgehead atoms. The van der Waals surface area contributed by atoms with E-state index in [-0.39, 0.29) is 0 Å². The van der Waals surface area contributed by atoms with Crippen LogP contribution in [0, 0.1) is 0 Å². The Labute approximate surface area is 108 Å². The van der Waals surface area contributed by atoms with Crippen molar-refractivity contribution < 1.29 is 0 Å². The molecule has 0 saturated carbocycles. The van der Waals surface area contributed by atoms with Gasteiger partial charge in [0, 0.05) is 10.1 Å². The summed E-state index contributed by atoms with van der Waals surface area (Å²) >= 11 is 8.92. The van der Waals surface area contributed by atoms with Gasteiger partial charge in [0.1, 0.15) is 0 Å². The second kappa shape index (κ2) is 3.58. The molecule has 0 aliphatic rings. The first kappa shape index (κ1) is 9.82. The van der Waals surface area contributed by atoms with Gasteiger partial charge < -0.3 is 0 Å². The largest absolute Gasteiger partial charge is 0.127 e. The molecule has 2 aromatic carbocycles. The lowest BCUT2D eigenvalue weighted by Gasteiger charge is -1.97. The summed E-state index contributed by atoms with van der Waals surface area (Å²) in [7, 11) is 0. The van der Waals surface area contributed by atoms with E-state index in [9.17, 15) is 0 Å². The minimum absolute atomic E-state index is 1.16. The van der Waals surface area contributed by atoms with Crippen LogP contribution in [0.15, 0.2) is 44.7 Å². The van der Waals surface area contributed by atoms with E-state index in [2.05, 4.69) is 68.3 Å². The van der Waals surface area contributed by atoms with Crippen molar-refractivity contribution in [3.05, 3.63) is 44.7 Å². The SMILES string of the molecule is Brc1sc2cc3ccccc3cc2c1Br. The zero-order valence-corrected chi connectivity index (χ0v) is 11.6. The van der Waals surface area contributed by atoms with Gasteiger partial charge >= 0.3 is 0 Å². The molecule has 3 heteroatoms. The molecule has 0 aliphatic heterocycles. The Morgan fingerprint density at radius 3 is 2.33 bits per heavy atom. The molecule has 0 N–H and O–H groups in total. The van der Waals surface area contributed by atoms with Crippen molar-refractivity contribution in [2.45, 2.75) is 0 Å². The van der Waals surface area contributed by atoms with Gasteiger partial charge in [-0.25, -0.2) is 0 Å². The molecule has 0 aliphatic carbocycles. The summed E-state index contributed by atoms with van der Waals surface area (Å²) < 4.78 is 3.63. The highest BCUT2D eigenvalue weighted by Gasteiger charge is 2.08. The number of rotatable bonds is 0. The Kier molecular flexibility index (Phi) is 2.34. The monoisotopic (exact) mass is 340 g/mol. The van der Waals surface area contributed by atoms with Crippen LogP contribution in [0.5, 0.6) is 0 Å². The third kappa shape index (κ3) is 1.53. The van der Waals surface area contributed by atoms with Gasteiger partial charge in [0.2, 0.25) is 0 Å². The minimum Gasteiger partial charge on any atom is -0.127 e. The molecular formula is C12H6Br2S. The lowest BCUT2D eigenvalue weighted by Crippen LogP contribution is -1.71. The molecule has 0 nitrogen and oxygen atoms in total. The Balaban J connectivity index is 2.53. The number of hydrogen-bond donors (Lipinski definition) is 0. The van der Waals surface area contributed by atoms with E-state index >= 15 is 0 Å². The lowest BCUT2D eigenvalue weighted by molar-refractivity contribution is 1.80. The fourth-order valence-electron chi connectivity index (χ4n) is 1.72. The molecule has 3 rings (SSSR count). The van der Waals surface area contributed by atoms with Crippen molar-refractivity contribution in [1.29, 1.82) is 0 Å². The highest BCUT2D eigenvalue weighted by Crippen LogP contribution is 2.40. The maximum Gasteiger partial charge on any atom is 0.0853 e. The van der Waals surface area contributed by atoms with E-state index < -0.39 is 0 Å². The first-order chi connectivity index (χ1) is 7.25. The van der Waals surface area contributed by atoms with Gasteiger partial charge in [-0.2, -0.15) is 0 Å². The molecular weight excluding hydrogens is 336 g/mol. The quantitative estimate of drug-likeness (QED) is 0.500. The van der Waals surface area contributed by atoms with E-state index in [1.807, 2.05) is 0 Å². The van der Waals surface area contributed by atoms with Crippen molar-refractivity contribution in [3.63, 3.8) is 0 Å². The van der Waals surface area contributed by atoms with Crippen LogP contribution < -0.4 is 0 Å². The van der Waals surface area contributed by atoms with Crippen molar-refractivity contribution in [2.75, 3.05) is 0 Å². The summed E-state index contributed by atoms with van der Waals surface area (Å²) in [5, 5.41) is 3.87. The first-order valence-electron chi connectivity index (χ1n) is 4.52. The predicted octanol–water partition coefficient (Wildman–Crippen LogP) is 5.58. The maximum atomic E-state index is 3.60. The summed E-state index contributed by atoms with van der Waals surface area (Å²) in [5.74, 6) is 0. The molecule has 1 aromatic heterocycles. The molecule has 0 saturated heterocycles. The zero-order valence-electron chi connectivity index (χ0n) is 7.63. The third-order valence-corrected chi connectivity index (χ3v) is 5.90. The van der Waals surface area contributed by atoms with Crippen LogP contribution in [0.1, 0.15) is 0 Å². The van der Waals surface area contributed by atoms with Crippen LogP contribution in [0.4, 0.5) is 0 Å². The fraction of sp³-hybridized carbons (Fsp3) is 0. The van der Waals surface area contributed by atoms with E-state index in [0.29, 0.717) is 0 Å². The molecule has 74 valence electrons. The van der Waals surface area contributed by atoms with E-state index in [1.54, 1.807) is 11.3 Å². The zero-order chi connectivity index (χ0) is 10.4. The number of benzene rings is 2. The number of halogens is 2. The van der Waals surface area contributed by atoms with Crippen LogP contribution in [-0.4, -0.2) is 0 Å². The molecule has 0 radical (unpaired) electrons. The van der Waals surface area contributed by atoms with Gasteiger partial charge in [-0.1, -0.05) is 24.3 Å². The molecule has 1 heterocycles. The lowest BCUT2D eigenvalue weighted by atomic mass is 10.1. The highest BCUT2D eigenvalue weighted by atomic mass is 79.9. The third-order valence-electron chi connectivity index (χ3n) is 2.46. The topological polar surface area (TPSA) is 0 Å². The standard InChI is InChI=1S/C12H6Br2S/c13-11-9-5-7-3-1-2-4-8(7)6-10(9)15-12(11)14/h1-6H. The van der Waals surface area contributed by atoms with Gasteiger partial charge in [-0.3, -0.25) is 0 Å². The van der Waals surface area contributed by atoms with Crippen LogP contribution >= 0.6 is 43.2 Å². The van der Waals surface area contributed by atoms with Crippen molar-refractivity contribution in [2.24, 2.45) is 0 Å². The van der Waals surface area contributed by atoms with Gasteiger partial charge in [0.25, 0.3) is 0 Å². The van der Waals surface area contributed by atoms with Gasteiger partial charge in [0.15, 0.2) is 0 Å². The predicted molar refractivity (Wildman–Crippen MR) is 74.7 cm³/mol. The fourth-order valence-corrected chi connectivity index (χ4v) is 4.01. The van der Waals surface area contributed by atoms with E-state index in [0.717, 1.165) is 8.26 Å². The average Bonchev–Trinajstić information content (AvgIpc) is 2.52. The summed E-state index contributed by atoms with van der Waals surface area (Å²) in [6, 6.07) is 12.9. The minimum atomic E-state index is 1.16. The smallest absolute Gasteiger partial charge is 0.0853 e. The van der Waals surface area contributed by atoms with Crippen LogP contribution in [0.2, 0.25) is 0 Å². The average molecular weight is 342 g/mol. The van der Waals surface area contributed by atoms with Crippen molar-refractivity contribution in [3.8, 4) is 0 Å². The van der Waals surface area contributed by atoms with E-state index in [4.69, 9.17) is 0 Å². The molecule has 3 aromatic rings.